The van der Waals surface area contributed by atoms with E-state index in [1.54, 1.807) is 24.3 Å². The van der Waals surface area contributed by atoms with Crippen LogP contribution in [0.3, 0.4) is 0 Å². The Morgan fingerprint density at radius 1 is 1.32 bits per heavy atom. The van der Waals surface area contributed by atoms with Gasteiger partial charge < -0.3 is 14.9 Å². The lowest BCUT2D eigenvalue weighted by atomic mass is 10.3. The van der Waals surface area contributed by atoms with Crippen molar-refractivity contribution in [3.05, 3.63) is 42.2 Å². The number of nitrogens with zero attached hydrogens (tertiary/aromatic N) is 2. The third-order valence-electron chi connectivity index (χ3n) is 2.51. The molecule has 1 aromatic heterocycles. The summed E-state index contributed by atoms with van der Waals surface area (Å²) in [6.07, 6.45) is 1.81. The predicted molar refractivity (Wildman–Crippen MR) is 67.4 cm³/mol. The van der Waals surface area contributed by atoms with E-state index in [9.17, 15) is 9.90 Å². The van der Waals surface area contributed by atoms with Crippen LogP contribution in [-0.2, 0) is 6.54 Å². The molecule has 2 rings (SSSR count). The fourth-order valence-corrected chi connectivity index (χ4v) is 1.66. The van der Waals surface area contributed by atoms with E-state index >= 15 is 0 Å². The molecule has 0 atom stereocenters. The summed E-state index contributed by atoms with van der Waals surface area (Å²) in [4.78, 5) is 11.3. The van der Waals surface area contributed by atoms with Gasteiger partial charge in [0.1, 0.15) is 5.75 Å². The van der Waals surface area contributed by atoms with E-state index in [2.05, 4.69) is 5.10 Å². The summed E-state index contributed by atoms with van der Waals surface area (Å²) in [6.45, 7) is 0.310. The highest BCUT2D eigenvalue weighted by molar-refractivity contribution is 5.88. The number of aliphatic hydroxyl groups excluding tert-OH is 1. The summed E-state index contributed by atoms with van der Waals surface area (Å²) < 4.78 is 6.82. The molecule has 0 spiro atoms. The Kier molecular flexibility index (Phi) is 4.15. The molecule has 0 fully saturated rings. The van der Waals surface area contributed by atoms with Crippen LogP contribution in [0.25, 0.3) is 0 Å². The highest BCUT2D eigenvalue weighted by atomic mass is 16.5. The van der Waals surface area contributed by atoms with E-state index in [4.69, 9.17) is 9.84 Å². The average molecular weight is 262 g/mol. The Labute approximate surface area is 109 Å². The van der Waals surface area contributed by atoms with E-state index < -0.39 is 5.97 Å². The van der Waals surface area contributed by atoms with E-state index in [0.29, 0.717) is 18.7 Å². The maximum atomic E-state index is 11.3. The molecule has 2 aromatic rings. The van der Waals surface area contributed by atoms with E-state index in [1.807, 2.05) is 6.07 Å². The highest BCUT2D eigenvalue weighted by Gasteiger charge is 2.19. The van der Waals surface area contributed by atoms with Crippen molar-refractivity contribution in [3.63, 3.8) is 0 Å². The van der Waals surface area contributed by atoms with Gasteiger partial charge >= 0.3 is 5.97 Å². The van der Waals surface area contributed by atoms with Crippen LogP contribution >= 0.6 is 0 Å². The van der Waals surface area contributed by atoms with Crippen LogP contribution in [-0.4, -0.2) is 32.6 Å². The lowest BCUT2D eigenvalue weighted by Gasteiger charge is -2.06. The Morgan fingerprint density at radius 3 is 2.68 bits per heavy atom. The molecule has 0 amide bonds. The van der Waals surface area contributed by atoms with Crippen molar-refractivity contribution in [2.75, 3.05) is 6.61 Å². The van der Waals surface area contributed by atoms with E-state index in [-0.39, 0.29) is 18.1 Å². The minimum absolute atomic E-state index is 0.0164. The Balaban J connectivity index is 2.25. The maximum absolute atomic E-state index is 11.3. The molecule has 0 aliphatic rings. The zero-order valence-electron chi connectivity index (χ0n) is 10.2. The Bertz CT molecular complexity index is 551. The first-order valence-corrected chi connectivity index (χ1v) is 5.85. The van der Waals surface area contributed by atoms with Crippen molar-refractivity contribution in [3.8, 4) is 11.5 Å². The molecule has 6 nitrogen and oxygen atoms in total. The number of carbonyl (C=O) groups is 1. The smallest absolute Gasteiger partial charge is 0.358 e. The molecule has 1 aromatic carbocycles. The molecule has 2 N–H and O–H groups in total. The molecule has 0 unspecified atom stereocenters. The van der Waals surface area contributed by atoms with Crippen molar-refractivity contribution in [1.82, 2.24) is 9.78 Å². The number of carboxylic acids is 1. The third kappa shape index (κ3) is 3.11. The predicted octanol–water partition coefficient (Wildman–Crippen LogP) is 1.76. The molecule has 0 saturated heterocycles. The van der Waals surface area contributed by atoms with Crippen molar-refractivity contribution < 1.29 is 19.7 Å². The van der Waals surface area contributed by atoms with Gasteiger partial charge in [-0.25, -0.2) is 4.79 Å². The van der Waals surface area contributed by atoms with Crippen LogP contribution in [0.4, 0.5) is 0 Å². The number of carboxylic acid groups (broad SMARTS) is 1. The van der Waals surface area contributed by atoms with E-state index in [1.165, 1.54) is 10.9 Å². The van der Waals surface area contributed by atoms with Gasteiger partial charge in [0, 0.05) is 13.2 Å². The first-order chi connectivity index (χ1) is 9.22. The number of para-hydroxylation sites is 1. The normalized spacial score (nSPS) is 10.4. The summed E-state index contributed by atoms with van der Waals surface area (Å²) in [5, 5.41) is 22.0. The van der Waals surface area contributed by atoms with Gasteiger partial charge in [-0.3, -0.25) is 4.68 Å². The molecule has 6 heteroatoms. The van der Waals surface area contributed by atoms with Crippen molar-refractivity contribution in [2.45, 2.75) is 13.0 Å². The van der Waals surface area contributed by atoms with Crippen LogP contribution in [0.2, 0.25) is 0 Å². The monoisotopic (exact) mass is 262 g/mol. The lowest BCUT2D eigenvalue weighted by molar-refractivity contribution is 0.0679. The SMILES string of the molecule is O=C(O)c1c(Oc2ccccc2)cnn1CCCO. The first kappa shape index (κ1) is 13.1. The summed E-state index contributed by atoms with van der Waals surface area (Å²) in [5.74, 6) is -0.371. The number of hydrogen-bond donors (Lipinski definition) is 2. The number of hydrogen-bond acceptors (Lipinski definition) is 4. The zero-order valence-corrected chi connectivity index (χ0v) is 10.2. The van der Waals surface area contributed by atoms with Crippen molar-refractivity contribution in [1.29, 1.82) is 0 Å². The second kappa shape index (κ2) is 6.01. The molecule has 1 heterocycles. The molecule has 19 heavy (non-hydrogen) atoms. The maximum Gasteiger partial charge on any atom is 0.358 e. The van der Waals surface area contributed by atoms with Gasteiger partial charge in [-0.1, -0.05) is 18.2 Å². The number of aliphatic hydroxyl groups is 1. The average Bonchev–Trinajstić information content (AvgIpc) is 2.80. The van der Waals surface area contributed by atoms with Gasteiger partial charge in [0.2, 0.25) is 0 Å². The molecule has 0 radical (unpaired) electrons. The first-order valence-electron chi connectivity index (χ1n) is 5.85. The molecule has 0 saturated carbocycles. The molecule has 0 aliphatic heterocycles. The largest absolute Gasteiger partial charge is 0.476 e. The van der Waals surface area contributed by atoms with Crippen LogP contribution in [0.1, 0.15) is 16.9 Å². The number of rotatable bonds is 6. The number of ether oxygens (including phenoxy) is 1. The van der Waals surface area contributed by atoms with Gasteiger partial charge in [-0.15, -0.1) is 0 Å². The number of aryl methyl sites for hydroxylation is 1. The molecular formula is C13H14N2O4. The topological polar surface area (TPSA) is 84.6 Å². The third-order valence-corrected chi connectivity index (χ3v) is 2.51. The summed E-state index contributed by atoms with van der Waals surface area (Å²) in [7, 11) is 0. The standard InChI is InChI=1S/C13H14N2O4/c16-8-4-7-15-12(13(17)18)11(9-14-15)19-10-5-2-1-3-6-10/h1-3,5-6,9,16H,4,7-8H2,(H,17,18). The zero-order chi connectivity index (χ0) is 13.7. The quantitative estimate of drug-likeness (QED) is 0.828. The minimum Gasteiger partial charge on any atom is -0.476 e. The van der Waals surface area contributed by atoms with Crippen LogP contribution in [0.5, 0.6) is 11.5 Å². The minimum atomic E-state index is -1.11. The molecule has 0 aliphatic carbocycles. The van der Waals surface area contributed by atoms with Crippen molar-refractivity contribution >= 4 is 5.97 Å². The summed E-state index contributed by atoms with van der Waals surface area (Å²) >= 11 is 0. The number of aromatic carboxylic acids is 1. The van der Waals surface area contributed by atoms with Crippen LogP contribution in [0.15, 0.2) is 36.5 Å². The second-order valence-electron chi connectivity index (χ2n) is 3.88. The molecule has 0 bridgehead atoms. The van der Waals surface area contributed by atoms with Gasteiger partial charge in [0.25, 0.3) is 0 Å². The number of aromatic nitrogens is 2. The van der Waals surface area contributed by atoms with E-state index in [0.717, 1.165) is 0 Å². The summed E-state index contributed by atoms with van der Waals surface area (Å²) in [6, 6.07) is 8.90. The fourth-order valence-electron chi connectivity index (χ4n) is 1.66. The van der Waals surface area contributed by atoms with Gasteiger partial charge in [0.05, 0.1) is 6.20 Å². The molecule has 100 valence electrons. The fraction of sp³-hybridized carbons (Fsp3) is 0.231. The van der Waals surface area contributed by atoms with Gasteiger partial charge in [0.15, 0.2) is 11.4 Å². The van der Waals surface area contributed by atoms with Gasteiger partial charge in [-0.05, 0) is 18.6 Å². The lowest BCUT2D eigenvalue weighted by Crippen LogP contribution is -2.11. The van der Waals surface area contributed by atoms with Crippen molar-refractivity contribution in [2.24, 2.45) is 0 Å². The van der Waals surface area contributed by atoms with Gasteiger partial charge in [-0.2, -0.15) is 5.10 Å². The number of benzene rings is 1. The van der Waals surface area contributed by atoms with Crippen LogP contribution in [0, 0.1) is 0 Å². The molecular weight excluding hydrogens is 248 g/mol. The Hall–Kier alpha value is -2.34. The van der Waals surface area contributed by atoms with Crippen LogP contribution < -0.4 is 4.74 Å². The second-order valence-corrected chi connectivity index (χ2v) is 3.88. The Morgan fingerprint density at radius 2 is 2.05 bits per heavy atom. The summed E-state index contributed by atoms with van der Waals surface area (Å²) in [5.41, 5.74) is -0.0164. The highest BCUT2D eigenvalue weighted by Crippen LogP contribution is 2.25.